The zero-order chi connectivity index (χ0) is 9.68. The molecule has 0 aromatic heterocycles. The van der Waals surface area contributed by atoms with E-state index in [0.29, 0.717) is 0 Å². The maximum absolute atomic E-state index is 5.22. The average Bonchev–Trinajstić information content (AvgIpc) is 2.18. The van der Waals surface area contributed by atoms with Gasteiger partial charge in [0, 0.05) is 5.56 Å². The molecule has 1 aromatic carbocycles. The van der Waals surface area contributed by atoms with Crippen LogP contribution in [0.1, 0.15) is 18.1 Å². The smallest absolute Gasteiger partial charge is 0.126 e. The Bertz CT molecular complexity index is 324. The Morgan fingerprint density at radius 1 is 1.38 bits per heavy atom. The molecule has 0 saturated heterocycles. The van der Waals surface area contributed by atoms with Crippen LogP contribution in [-0.2, 0) is 0 Å². The highest BCUT2D eigenvalue weighted by atomic mass is 16.5. The zero-order valence-electron chi connectivity index (χ0n) is 8.08. The van der Waals surface area contributed by atoms with Crippen LogP contribution in [0.3, 0.4) is 0 Å². The van der Waals surface area contributed by atoms with E-state index in [1.165, 1.54) is 0 Å². The fourth-order valence-corrected chi connectivity index (χ4v) is 1.28. The van der Waals surface area contributed by atoms with Crippen LogP contribution in [0.4, 0.5) is 0 Å². The van der Waals surface area contributed by atoms with Gasteiger partial charge >= 0.3 is 0 Å². The van der Waals surface area contributed by atoms with E-state index in [9.17, 15) is 0 Å². The van der Waals surface area contributed by atoms with Gasteiger partial charge in [0.25, 0.3) is 0 Å². The normalized spacial score (nSPS) is 10.3. The topological polar surface area (TPSA) is 9.23 Å². The highest BCUT2D eigenvalue weighted by molar-refractivity contribution is 5.69. The van der Waals surface area contributed by atoms with Crippen LogP contribution < -0.4 is 4.74 Å². The van der Waals surface area contributed by atoms with Crippen molar-refractivity contribution in [2.75, 3.05) is 7.11 Å². The number of hydrogen-bond donors (Lipinski definition) is 0. The summed E-state index contributed by atoms with van der Waals surface area (Å²) in [6, 6.07) is 5.95. The Balaban J connectivity index is 3.26. The molecule has 0 saturated carbocycles. The van der Waals surface area contributed by atoms with E-state index in [1.807, 2.05) is 43.4 Å². The molecule has 0 aliphatic heterocycles. The maximum Gasteiger partial charge on any atom is 0.126 e. The lowest BCUT2D eigenvalue weighted by Gasteiger charge is -2.07. The van der Waals surface area contributed by atoms with Gasteiger partial charge in [0.15, 0.2) is 0 Å². The van der Waals surface area contributed by atoms with E-state index < -0.39 is 0 Å². The lowest BCUT2D eigenvalue weighted by atomic mass is 10.1. The second-order valence-corrected chi connectivity index (χ2v) is 2.67. The molecular weight excluding hydrogens is 160 g/mol. The summed E-state index contributed by atoms with van der Waals surface area (Å²) in [7, 11) is 1.67. The summed E-state index contributed by atoms with van der Waals surface area (Å²) in [4.78, 5) is 0. The van der Waals surface area contributed by atoms with Gasteiger partial charge in [-0.1, -0.05) is 36.9 Å². The number of rotatable bonds is 3. The molecule has 0 unspecified atom stereocenters. The molecule has 13 heavy (non-hydrogen) atoms. The van der Waals surface area contributed by atoms with Crippen molar-refractivity contribution in [3.8, 4) is 5.75 Å². The first kappa shape index (κ1) is 9.59. The molecule has 1 aromatic rings. The summed E-state index contributed by atoms with van der Waals surface area (Å²) in [6.45, 7) is 5.76. The minimum absolute atomic E-state index is 0.866. The van der Waals surface area contributed by atoms with Gasteiger partial charge < -0.3 is 4.74 Å². The second-order valence-electron chi connectivity index (χ2n) is 2.67. The van der Waals surface area contributed by atoms with E-state index in [0.717, 1.165) is 16.9 Å². The first-order valence-corrected chi connectivity index (χ1v) is 4.25. The van der Waals surface area contributed by atoms with Crippen LogP contribution in [-0.4, -0.2) is 7.11 Å². The van der Waals surface area contributed by atoms with Gasteiger partial charge in [0.05, 0.1) is 7.11 Å². The van der Waals surface area contributed by atoms with Crippen LogP contribution in [0.15, 0.2) is 30.9 Å². The molecule has 0 atom stereocenters. The van der Waals surface area contributed by atoms with Crippen LogP contribution in [0.2, 0.25) is 0 Å². The number of methoxy groups -OCH3 is 1. The quantitative estimate of drug-likeness (QED) is 0.682. The molecule has 68 valence electrons. The van der Waals surface area contributed by atoms with Crippen LogP contribution >= 0.6 is 0 Å². The molecule has 0 N–H and O–H groups in total. The Labute approximate surface area is 79.4 Å². The summed E-state index contributed by atoms with van der Waals surface area (Å²) in [6.07, 6.45) is 5.86. The van der Waals surface area contributed by atoms with Crippen molar-refractivity contribution in [1.29, 1.82) is 0 Å². The van der Waals surface area contributed by atoms with Gasteiger partial charge in [0.1, 0.15) is 5.75 Å². The molecule has 1 nitrogen and oxygen atoms in total. The predicted octanol–water partition coefficient (Wildman–Crippen LogP) is 3.37. The summed E-state index contributed by atoms with van der Waals surface area (Å²) >= 11 is 0. The van der Waals surface area contributed by atoms with E-state index in [1.54, 1.807) is 7.11 Å². The molecule has 1 rings (SSSR count). The van der Waals surface area contributed by atoms with Crippen molar-refractivity contribution < 1.29 is 4.74 Å². The molecule has 0 aliphatic carbocycles. The summed E-state index contributed by atoms with van der Waals surface area (Å²) in [5.41, 5.74) is 2.18. The monoisotopic (exact) mass is 174 g/mol. The molecule has 0 fully saturated rings. The van der Waals surface area contributed by atoms with Crippen molar-refractivity contribution in [3.05, 3.63) is 42.0 Å². The largest absolute Gasteiger partial charge is 0.496 e. The number of benzene rings is 1. The van der Waals surface area contributed by atoms with Crippen molar-refractivity contribution in [2.24, 2.45) is 0 Å². The molecule has 0 amide bonds. The standard InChI is InChI=1S/C12H14O/c1-4-7-10-8-6-9-12(13-3)11(10)5-2/h4-9H,2H2,1,3H3/b7-4-. The average molecular weight is 174 g/mol. The molecule has 0 heterocycles. The van der Waals surface area contributed by atoms with Crippen molar-refractivity contribution in [1.82, 2.24) is 0 Å². The molecule has 0 aliphatic rings. The van der Waals surface area contributed by atoms with Gasteiger partial charge in [0.2, 0.25) is 0 Å². The highest BCUT2D eigenvalue weighted by Crippen LogP contribution is 2.24. The van der Waals surface area contributed by atoms with Gasteiger partial charge in [-0.3, -0.25) is 0 Å². The van der Waals surface area contributed by atoms with E-state index in [2.05, 4.69) is 6.58 Å². The SMILES string of the molecule is C=Cc1c(/C=C\C)cccc1OC. The molecule has 1 heteroatoms. The lowest BCUT2D eigenvalue weighted by molar-refractivity contribution is 0.414. The van der Waals surface area contributed by atoms with Crippen molar-refractivity contribution in [2.45, 2.75) is 6.92 Å². The fourth-order valence-electron chi connectivity index (χ4n) is 1.28. The van der Waals surface area contributed by atoms with Gasteiger partial charge in [-0.15, -0.1) is 0 Å². The second kappa shape index (κ2) is 4.51. The first-order valence-electron chi connectivity index (χ1n) is 4.25. The highest BCUT2D eigenvalue weighted by Gasteiger charge is 2.01. The molecule has 0 radical (unpaired) electrons. The minimum atomic E-state index is 0.866. The van der Waals surface area contributed by atoms with Crippen LogP contribution in [0.25, 0.3) is 12.2 Å². The Hall–Kier alpha value is -1.50. The number of allylic oxidation sites excluding steroid dienone is 1. The lowest BCUT2D eigenvalue weighted by Crippen LogP contribution is -1.88. The van der Waals surface area contributed by atoms with Crippen LogP contribution in [0, 0.1) is 0 Å². The Kier molecular flexibility index (Phi) is 3.32. The number of hydrogen-bond acceptors (Lipinski definition) is 1. The van der Waals surface area contributed by atoms with E-state index >= 15 is 0 Å². The van der Waals surface area contributed by atoms with E-state index in [-0.39, 0.29) is 0 Å². The summed E-state index contributed by atoms with van der Waals surface area (Å²) in [5, 5.41) is 0. The predicted molar refractivity (Wildman–Crippen MR) is 57.8 cm³/mol. The molecular formula is C12H14O. The first-order chi connectivity index (χ1) is 6.33. The Morgan fingerprint density at radius 3 is 2.69 bits per heavy atom. The summed E-state index contributed by atoms with van der Waals surface area (Å²) in [5.74, 6) is 0.866. The van der Waals surface area contributed by atoms with Gasteiger partial charge in [-0.25, -0.2) is 0 Å². The minimum Gasteiger partial charge on any atom is -0.496 e. The van der Waals surface area contributed by atoms with Gasteiger partial charge in [-0.05, 0) is 18.6 Å². The molecule has 0 spiro atoms. The third-order valence-electron chi connectivity index (χ3n) is 1.87. The van der Waals surface area contributed by atoms with Crippen molar-refractivity contribution in [3.63, 3.8) is 0 Å². The third-order valence-corrected chi connectivity index (χ3v) is 1.87. The Morgan fingerprint density at radius 2 is 2.15 bits per heavy atom. The molecule has 0 bridgehead atoms. The van der Waals surface area contributed by atoms with E-state index in [4.69, 9.17) is 4.74 Å². The van der Waals surface area contributed by atoms with Crippen molar-refractivity contribution >= 4 is 12.2 Å². The third kappa shape index (κ3) is 2.00. The zero-order valence-corrected chi connectivity index (χ0v) is 8.08. The fraction of sp³-hybridized carbons (Fsp3) is 0.167. The van der Waals surface area contributed by atoms with Gasteiger partial charge in [-0.2, -0.15) is 0 Å². The van der Waals surface area contributed by atoms with Crippen LogP contribution in [0.5, 0.6) is 5.75 Å². The summed E-state index contributed by atoms with van der Waals surface area (Å²) < 4.78 is 5.22. The number of ether oxygens (including phenoxy) is 1. The maximum atomic E-state index is 5.22.